The summed E-state index contributed by atoms with van der Waals surface area (Å²) in [6.07, 6.45) is 2.68. The monoisotopic (exact) mass is 272 g/mol. The second kappa shape index (κ2) is 6.53. The number of carbonyl (C=O) groups is 1. The van der Waals surface area contributed by atoms with E-state index in [0.29, 0.717) is 18.6 Å². The summed E-state index contributed by atoms with van der Waals surface area (Å²) in [5.41, 5.74) is 2.22. The van der Waals surface area contributed by atoms with Gasteiger partial charge in [0.1, 0.15) is 6.10 Å². The van der Waals surface area contributed by atoms with Crippen LogP contribution in [0.1, 0.15) is 31.4 Å². The quantitative estimate of drug-likeness (QED) is 0.856. The van der Waals surface area contributed by atoms with E-state index in [0.717, 1.165) is 17.6 Å². The van der Waals surface area contributed by atoms with Crippen LogP contribution >= 0.6 is 0 Å². The standard InChI is InChI=1S/C17H20O3/c1-3-20-17(19)15-11-7-10-14(12(15)2)16(18)13-8-5-4-6-9-13/h4-6,8-10,15-16,18H,2-3,7,11H2,1H3. The summed E-state index contributed by atoms with van der Waals surface area (Å²) >= 11 is 0. The van der Waals surface area contributed by atoms with Crippen LogP contribution in [0.5, 0.6) is 0 Å². The molecule has 0 aromatic heterocycles. The fourth-order valence-electron chi connectivity index (χ4n) is 2.52. The molecule has 1 aliphatic rings. The molecule has 1 aliphatic carbocycles. The minimum absolute atomic E-state index is 0.247. The number of benzene rings is 1. The van der Waals surface area contributed by atoms with E-state index in [2.05, 4.69) is 6.58 Å². The van der Waals surface area contributed by atoms with Crippen LogP contribution in [-0.4, -0.2) is 17.7 Å². The third-order valence-electron chi connectivity index (χ3n) is 3.59. The van der Waals surface area contributed by atoms with Crippen molar-refractivity contribution in [2.45, 2.75) is 25.9 Å². The number of hydrogen-bond acceptors (Lipinski definition) is 3. The van der Waals surface area contributed by atoms with Gasteiger partial charge in [0.25, 0.3) is 0 Å². The molecular weight excluding hydrogens is 252 g/mol. The number of aliphatic hydroxyl groups is 1. The average Bonchev–Trinajstić information content (AvgIpc) is 2.48. The second-order valence-corrected chi connectivity index (χ2v) is 4.88. The van der Waals surface area contributed by atoms with Crippen LogP contribution in [0.4, 0.5) is 0 Å². The molecule has 20 heavy (non-hydrogen) atoms. The first-order valence-corrected chi connectivity index (χ1v) is 6.94. The normalized spacial score (nSPS) is 20.2. The molecule has 1 aromatic rings. The Balaban J connectivity index is 2.18. The number of allylic oxidation sites excluding steroid dienone is 1. The van der Waals surface area contributed by atoms with Crippen molar-refractivity contribution >= 4 is 5.97 Å². The molecule has 0 amide bonds. The van der Waals surface area contributed by atoms with Gasteiger partial charge in [-0.3, -0.25) is 4.79 Å². The lowest BCUT2D eigenvalue weighted by molar-refractivity contribution is -0.146. The molecule has 0 radical (unpaired) electrons. The number of ether oxygens (including phenoxy) is 1. The van der Waals surface area contributed by atoms with E-state index >= 15 is 0 Å². The number of carbonyl (C=O) groups excluding carboxylic acids is 1. The highest BCUT2D eigenvalue weighted by molar-refractivity contribution is 5.77. The SMILES string of the molecule is C=C1C(C(O)c2ccccc2)=CCCC1C(=O)OCC. The molecule has 3 heteroatoms. The predicted molar refractivity (Wildman–Crippen MR) is 78.0 cm³/mol. The van der Waals surface area contributed by atoms with E-state index in [4.69, 9.17) is 4.74 Å². The molecule has 0 saturated carbocycles. The topological polar surface area (TPSA) is 46.5 Å². The Bertz CT molecular complexity index is 516. The summed E-state index contributed by atoms with van der Waals surface area (Å²) in [5.74, 6) is -0.586. The number of rotatable bonds is 4. The summed E-state index contributed by atoms with van der Waals surface area (Å²) in [7, 11) is 0. The Hall–Kier alpha value is -1.87. The predicted octanol–water partition coefficient (Wildman–Crippen LogP) is 3.18. The van der Waals surface area contributed by atoms with Crippen molar-refractivity contribution < 1.29 is 14.6 Å². The van der Waals surface area contributed by atoms with E-state index in [1.807, 2.05) is 36.4 Å². The first-order valence-electron chi connectivity index (χ1n) is 6.94. The van der Waals surface area contributed by atoms with Crippen LogP contribution < -0.4 is 0 Å². The molecular formula is C17H20O3. The van der Waals surface area contributed by atoms with Gasteiger partial charge in [0.2, 0.25) is 0 Å². The molecule has 0 saturated heterocycles. The van der Waals surface area contributed by atoms with Crippen molar-refractivity contribution in [2.75, 3.05) is 6.61 Å². The maximum Gasteiger partial charge on any atom is 0.313 e. The maximum absolute atomic E-state index is 11.9. The number of aliphatic hydroxyl groups excluding tert-OH is 1. The Morgan fingerprint density at radius 1 is 1.45 bits per heavy atom. The van der Waals surface area contributed by atoms with Gasteiger partial charge in [-0.05, 0) is 36.5 Å². The van der Waals surface area contributed by atoms with Crippen molar-refractivity contribution in [1.82, 2.24) is 0 Å². The molecule has 106 valence electrons. The third-order valence-corrected chi connectivity index (χ3v) is 3.59. The summed E-state index contributed by atoms with van der Waals surface area (Å²) < 4.78 is 5.08. The van der Waals surface area contributed by atoms with Gasteiger partial charge in [0.15, 0.2) is 0 Å². The Kier molecular flexibility index (Phi) is 4.74. The average molecular weight is 272 g/mol. The summed E-state index contributed by atoms with van der Waals surface area (Å²) in [6, 6.07) is 9.41. The van der Waals surface area contributed by atoms with Gasteiger partial charge in [0, 0.05) is 0 Å². The van der Waals surface area contributed by atoms with E-state index in [-0.39, 0.29) is 11.9 Å². The Labute approximate surface area is 119 Å². The summed E-state index contributed by atoms with van der Waals surface area (Å²) in [6.45, 7) is 6.15. The van der Waals surface area contributed by atoms with Crippen molar-refractivity contribution in [3.63, 3.8) is 0 Å². The largest absolute Gasteiger partial charge is 0.466 e. The fourth-order valence-corrected chi connectivity index (χ4v) is 2.52. The maximum atomic E-state index is 11.9. The number of hydrogen-bond donors (Lipinski definition) is 1. The van der Waals surface area contributed by atoms with E-state index < -0.39 is 6.10 Å². The minimum atomic E-state index is -0.735. The zero-order chi connectivity index (χ0) is 14.5. The molecule has 1 N–H and O–H groups in total. The smallest absolute Gasteiger partial charge is 0.313 e. The van der Waals surface area contributed by atoms with Gasteiger partial charge in [-0.25, -0.2) is 0 Å². The first kappa shape index (κ1) is 14.5. The van der Waals surface area contributed by atoms with Crippen molar-refractivity contribution in [1.29, 1.82) is 0 Å². The molecule has 0 bridgehead atoms. The van der Waals surface area contributed by atoms with Crippen LogP contribution in [0.3, 0.4) is 0 Å². The number of esters is 1. The molecule has 0 aliphatic heterocycles. The van der Waals surface area contributed by atoms with Gasteiger partial charge in [-0.15, -0.1) is 0 Å². The van der Waals surface area contributed by atoms with Gasteiger partial charge < -0.3 is 9.84 Å². The molecule has 2 rings (SSSR count). The van der Waals surface area contributed by atoms with Crippen LogP contribution in [0.2, 0.25) is 0 Å². The van der Waals surface area contributed by atoms with Crippen LogP contribution in [0.15, 0.2) is 54.1 Å². The lowest BCUT2D eigenvalue weighted by Crippen LogP contribution is -2.24. The molecule has 2 unspecified atom stereocenters. The van der Waals surface area contributed by atoms with E-state index in [9.17, 15) is 9.90 Å². The van der Waals surface area contributed by atoms with Gasteiger partial charge in [-0.1, -0.05) is 43.0 Å². The highest BCUT2D eigenvalue weighted by atomic mass is 16.5. The Morgan fingerprint density at radius 2 is 2.15 bits per heavy atom. The van der Waals surface area contributed by atoms with Gasteiger partial charge in [-0.2, -0.15) is 0 Å². The molecule has 3 nitrogen and oxygen atoms in total. The lowest BCUT2D eigenvalue weighted by atomic mass is 9.81. The zero-order valence-corrected chi connectivity index (χ0v) is 11.7. The molecule has 0 fully saturated rings. The van der Waals surface area contributed by atoms with Crippen LogP contribution in [0.25, 0.3) is 0 Å². The lowest BCUT2D eigenvalue weighted by Gasteiger charge is -2.27. The highest BCUT2D eigenvalue weighted by Gasteiger charge is 2.30. The van der Waals surface area contributed by atoms with Crippen molar-refractivity contribution in [2.24, 2.45) is 5.92 Å². The van der Waals surface area contributed by atoms with Gasteiger partial charge in [0.05, 0.1) is 12.5 Å². The molecule has 2 atom stereocenters. The summed E-state index contributed by atoms with van der Waals surface area (Å²) in [5, 5.41) is 10.5. The minimum Gasteiger partial charge on any atom is -0.466 e. The molecule has 0 heterocycles. The Morgan fingerprint density at radius 3 is 2.80 bits per heavy atom. The third kappa shape index (κ3) is 2.99. The fraction of sp³-hybridized carbons (Fsp3) is 0.353. The van der Waals surface area contributed by atoms with Crippen molar-refractivity contribution in [3.8, 4) is 0 Å². The van der Waals surface area contributed by atoms with Gasteiger partial charge >= 0.3 is 5.97 Å². The molecule has 0 spiro atoms. The second-order valence-electron chi connectivity index (χ2n) is 4.88. The first-order chi connectivity index (χ1) is 9.65. The summed E-state index contributed by atoms with van der Waals surface area (Å²) in [4.78, 5) is 11.9. The zero-order valence-electron chi connectivity index (χ0n) is 11.7. The molecule has 1 aromatic carbocycles. The van der Waals surface area contributed by atoms with E-state index in [1.54, 1.807) is 6.92 Å². The van der Waals surface area contributed by atoms with E-state index in [1.165, 1.54) is 0 Å². The van der Waals surface area contributed by atoms with Crippen LogP contribution in [0, 0.1) is 5.92 Å². The van der Waals surface area contributed by atoms with Crippen LogP contribution in [-0.2, 0) is 9.53 Å². The van der Waals surface area contributed by atoms with Crippen molar-refractivity contribution in [3.05, 3.63) is 59.7 Å². The highest BCUT2D eigenvalue weighted by Crippen LogP contribution is 2.36.